The minimum atomic E-state index is 0.103. The van der Waals surface area contributed by atoms with Crippen molar-refractivity contribution in [1.82, 2.24) is 19.9 Å². The highest BCUT2D eigenvalue weighted by Gasteiger charge is 2.08. The van der Waals surface area contributed by atoms with Gasteiger partial charge in [-0.05, 0) is 35.3 Å². The molecular weight excluding hydrogens is 291 g/mol. The summed E-state index contributed by atoms with van der Waals surface area (Å²) in [5.74, 6) is 0.527. The monoisotopic (exact) mass is 296 g/mol. The Hall–Kier alpha value is -1.30. The number of rotatable bonds is 2. The second kappa shape index (κ2) is 4.76. The number of thiazole rings is 1. The van der Waals surface area contributed by atoms with Crippen LogP contribution in [0.25, 0.3) is 10.2 Å². The van der Waals surface area contributed by atoms with Crippen LogP contribution < -0.4 is 0 Å². The number of benzene rings is 1. The Morgan fingerprint density at radius 2 is 1.67 bits per heavy atom. The van der Waals surface area contributed by atoms with E-state index in [-0.39, 0.29) is 10.6 Å². The van der Waals surface area contributed by atoms with E-state index in [4.69, 9.17) is 23.2 Å². The van der Waals surface area contributed by atoms with Crippen LogP contribution in [0.5, 0.6) is 0 Å². The largest absolute Gasteiger partial charge is 0.241 e. The van der Waals surface area contributed by atoms with Gasteiger partial charge >= 0.3 is 0 Å². The summed E-state index contributed by atoms with van der Waals surface area (Å²) in [6.07, 6.45) is 0.501. The fourth-order valence-electron chi connectivity index (χ4n) is 1.57. The van der Waals surface area contributed by atoms with Crippen LogP contribution in [-0.2, 0) is 6.42 Å². The summed E-state index contributed by atoms with van der Waals surface area (Å²) < 4.78 is 1.14. The predicted octanol–water partition coefficient (Wildman–Crippen LogP) is 3.38. The number of para-hydroxylation sites is 1. The van der Waals surface area contributed by atoms with Gasteiger partial charge in [0, 0.05) is 0 Å². The van der Waals surface area contributed by atoms with Gasteiger partial charge in [0.25, 0.3) is 0 Å². The highest BCUT2D eigenvalue weighted by atomic mass is 35.5. The molecule has 90 valence electrons. The number of hydrogen-bond donors (Lipinski definition) is 0. The van der Waals surface area contributed by atoms with Gasteiger partial charge in [-0.25, -0.2) is 15.0 Å². The highest BCUT2D eigenvalue weighted by Crippen LogP contribution is 2.23. The first-order valence-electron chi connectivity index (χ1n) is 5.11. The number of aromatic nitrogens is 4. The maximum absolute atomic E-state index is 5.73. The first kappa shape index (κ1) is 11.8. The molecule has 0 aliphatic carbocycles. The highest BCUT2D eigenvalue weighted by molar-refractivity contribution is 7.18. The second-order valence-electron chi connectivity index (χ2n) is 3.54. The number of halogens is 2. The third kappa shape index (κ3) is 2.43. The van der Waals surface area contributed by atoms with E-state index in [0.29, 0.717) is 12.2 Å². The molecule has 2 aromatic heterocycles. The first-order valence-corrected chi connectivity index (χ1v) is 6.68. The average molecular weight is 297 g/mol. The Labute approximate surface area is 117 Å². The smallest absolute Gasteiger partial charge is 0.226 e. The van der Waals surface area contributed by atoms with E-state index < -0.39 is 0 Å². The molecule has 0 atom stereocenters. The lowest BCUT2D eigenvalue weighted by Gasteiger charge is -1.97. The van der Waals surface area contributed by atoms with Crippen LogP contribution in [0.1, 0.15) is 10.8 Å². The molecule has 0 saturated heterocycles. The molecule has 2 heterocycles. The summed E-state index contributed by atoms with van der Waals surface area (Å²) in [6, 6.07) is 7.95. The van der Waals surface area contributed by atoms with Crippen LogP contribution in [0.15, 0.2) is 24.3 Å². The molecule has 0 spiro atoms. The van der Waals surface area contributed by atoms with Crippen molar-refractivity contribution in [3.63, 3.8) is 0 Å². The fraction of sp³-hybridized carbons (Fsp3) is 0.0909. The summed E-state index contributed by atoms with van der Waals surface area (Å²) >= 11 is 13.1. The van der Waals surface area contributed by atoms with Crippen LogP contribution in [0, 0.1) is 0 Å². The number of nitrogens with zero attached hydrogens (tertiary/aromatic N) is 4. The zero-order valence-corrected chi connectivity index (χ0v) is 11.3. The van der Waals surface area contributed by atoms with Gasteiger partial charge in [0.2, 0.25) is 10.6 Å². The van der Waals surface area contributed by atoms with Crippen LogP contribution in [0.3, 0.4) is 0 Å². The summed E-state index contributed by atoms with van der Waals surface area (Å²) in [4.78, 5) is 16.3. The Morgan fingerprint density at radius 1 is 0.944 bits per heavy atom. The third-order valence-corrected chi connectivity index (χ3v) is 3.65. The Morgan fingerprint density at radius 3 is 2.39 bits per heavy atom. The van der Waals surface area contributed by atoms with Crippen molar-refractivity contribution in [2.45, 2.75) is 6.42 Å². The Kier molecular flexibility index (Phi) is 3.11. The van der Waals surface area contributed by atoms with Gasteiger partial charge in [-0.15, -0.1) is 11.3 Å². The van der Waals surface area contributed by atoms with E-state index in [1.165, 1.54) is 0 Å². The van der Waals surface area contributed by atoms with Gasteiger partial charge in [0.05, 0.1) is 16.6 Å². The molecule has 0 fully saturated rings. The SMILES string of the molecule is Clc1nc(Cl)nc(Cc2nc3ccccc3s2)n1. The molecule has 1 aromatic carbocycles. The van der Waals surface area contributed by atoms with Gasteiger partial charge in [0.15, 0.2) is 0 Å². The number of hydrogen-bond acceptors (Lipinski definition) is 5. The van der Waals surface area contributed by atoms with Crippen molar-refractivity contribution in [2.75, 3.05) is 0 Å². The standard InChI is InChI=1S/C11H6Cl2N4S/c12-10-15-8(16-11(13)17-10)5-9-14-6-3-1-2-4-7(6)18-9/h1-4H,5H2. The van der Waals surface area contributed by atoms with Crippen molar-refractivity contribution in [3.05, 3.63) is 45.7 Å². The predicted molar refractivity (Wildman–Crippen MR) is 72.3 cm³/mol. The van der Waals surface area contributed by atoms with Crippen molar-refractivity contribution < 1.29 is 0 Å². The minimum absolute atomic E-state index is 0.103. The van der Waals surface area contributed by atoms with E-state index in [9.17, 15) is 0 Å². The lowest BCUT2D eigenvalue weighted by atomic mass is 10.3. The lowest BCUT2D eigenvalue weighted by Crippen LogP contribution is -1.99. The van der Waals surface area contributed by atoms with Gasteiger partial charge in [-0.3, -0.25) is 0 Å². The topological polar surface area (TPSA) is 51.6 Å². The molecule has 4 nitrogen and oxygen atoms in total. The summed E-state index contributed by atoms with van der Waals surface area (Å²) in [5.41, 5.74) is 0.976. The zero-order valence-electron chi connectivity index (χ0n) is 8.97. The molecule has 3 aromatic rings. The van der Waals surface area contributed by atoms with Gasteiger partial charge < -0.3 is 0 Å². The molecule has 0 radical (unpaired) electrons. The maximum atomic E-state index is 5.73. The van der Waals surface area contributed by atoms with Crippen molar-refractivity contribution in [1.29, 1.82) is 0 Å². The zero-order chi connectivity index (χ0) is 12.5. The fourth-order valence-corrected chi connectivity index (χ4v) is 2.94. The second-order valence-corrected chi connectivity index (χ2v) is 5.33. The van der Waals surface area contributed by atoms with E-state index in [2.05, 4.69) is 19.9 Å². The third-order valence-electron chi connectivity index (χ3n) is 2.27. The van der Waals surface area contributed by atoms with Gasteiger partial charge in [0.1, 0.15) is 10.8 Å². The Bertz CT molecular complexity index is 660. The first-order chi connectivity index (χ1) is 8.70. The maximum Gasteiger partial charge on any atom is 0.226 e. The number of fused-ring (bicyclic) bond motifs is 1. The Balaban J connectivity index is 1.96. The van der Waals surface area contributed by atoms with E-state index in [1.54, 1.807) is 11.3 Å². The normalized spacial score (nSPS) is 11.0. The molecule has 0 unspecified atom stereocenters. The molecule has 0 aliphatic rings. The molecule has 0 bridgehead atoms. The average Bonchev–Trinajstić information content (AvgIpc) is 2.69. The molecular formula is C11H6Cl2N4S. The van der Waals surface area contributed by atoms with E-state index >= 15 is 0 Å². The molecule has 18 heavy (non-hydrogen) atoms. The summed E-state index contributed by atoms with van der Waals surface area (Å²) in [5, 5.41) is 1.13. The summed E-state index contributed by atoms with van der Waals surface area (Å²) in [7, 11) is 0. The van der Waals surface area contributed by atoms with E-state index in [0.717, 1.165) is 15.2 Å². The van der Waals surface area contributed by atoms with E-state index in [1.807, 2.05) is 24.3 Å². The molecule has 0 amide bonds. The van der Waals surface area contributed by atoms with Crippen molar-refractivity contribution >= 4 is 44.8 Å². The molecule has 0 N–H and O–H groups in total. The van der Waals surface area contributed by atoms with Crippen molar-refractivity contribution in [3.8, 4) is 0 Å². The van der Waals surface area contributed by atoms with Gasteiger partial charge in [-0.1, -0.05) is 12.1 Å². The quantitative estimate of drug-likeness (QED) is 0.727. The van der Waals surface area contributed by atoms with Crippen LogP contribution in [-0.4, -0.2) is 19.9 Å². The molecule has 0 saturated carbocycles. The van der Waals surface area contributed by atoms with Crippen LogP contribution in [0.2, 0.25) is 10.6 Å². The summed E-state index contributed by atoms with van der Waals surface area (Å²) in [6.45, 7) is 0. The van der Waals surface area contributed by atoms with Crippen LogP contribution >= 0.6 is 34.5 Å². The van der Waals surface area contributed by atoms with Gasteiger partial charge in [-0.2, -0.15) is 4.98 Å². The molecule has 7 heteroatoms. The van der Waals surface area contributed by atoms with Crippen LogP contribution in [0.4, 0.5) is 0 Å². The minimum Gasteiger partial charge on any atom is -0.241 e. The van der Waals surface area contributed by atoms with Crippen molar-refractivity contribution in [2.24, 2.45) is 0 Å². The lowest BCUT2D eigenvalue weighted by molar-refractivity contribution is 0.915. The molecule has 0 aliphatic heterocycles. The molecule has 3 rings (SSSR count).